The lowest BCUT2D eigenvalue weighted by Gasteiger charge is -2.34. The van der Waals surface area contributed by atoms with Gasteiger partial charge in [0.25, 0.3) is 5.91 Å². The Hall–Kier alpha value is -2.90. The second kappa shape index (κ2) is 8.85. The molecule has 8 heteroatoms. The number of amides is 1. The molecule has 5 nitrogen and oxygen atoms in total. The van der Waals surface area contributed by atoms with Gasteiger partial charge in [-0.25, -0.2) is 4.98 Å². The topological polar surface area (TPSA) is 59.8 Å². The SMILES string of the molecule is CC.CCC1CC(n2cc3cc(NC(=O)c4cccc(C(F)(F)F)n4)ccc3n2)C1. The molecule has 0 aliphatic heterocycles. The van der Waals surface area contributed by atoms with Gasteiger partial charge < -0.3 is 5.32 Å². The molecule has 1 fully saturated rings. The number of nitrogens with one attached hydrogen (secondary N) is 1. The van der Waals surface area contributed by atoms with Crippen molar-refractivity contribution in [2.24, 2.45) is 5.92 Å². The molecule has 3 aromatic rings. The number of halogens is 3. The Kier molecular flexibility index (Phi) is 6.43. The highest BCUT2D eigenvalue weighted by molar-refractivity contribution is 6.03. The van der Waals surface area contributed by atoms with Gasteiger partial charge in [-0.15, -0.1) is 0 Å². The van der Waals surface area contributed by atoms with Crippen molar-refractivity contribution in [2.45, 2.75) is 52.3 Å². The summed E-state index contributed by atoms with van der Waals surface area (Å²) in [6.45, 7) is 6.19. The first-order chi connectivity index (χ1) is 14.3. The van der Waals surface area contributed by atoms with Gasteiger partial charge in [0, 0.05) is 17.3 Å². The summed E-state index contributed by atoms with van der Waals surface area (Å²) in [5, 5.41) is 8.06. The molecule has 0 atom stereocenters. The highest BCUT2D eigenvalue weighted by Crippen LogP contribution is 2.39. The number of nitrogens with zero attached hydrogens (tertiary/aromatic N) is 3. The van der Waals surface area contributed by atoms with Crippen LogP contribution < -0.4 is 5.32 Å². The molecule has 0 unspecified atom stereocenters. The molecule has 0 saturated heterocycles. The van der Waals surface area contributed by atoms with Crippen molar-refractivity contribution < 1.29 is 18.0 Å². The van der Waals surface area contributed by atoms with E-state index in [0.29, 0.717) is 11.7 Å². The molecule has 4 rings (SSSR count). The van der Waals surface area contributed by atoms with Crippen LogP contribution in [0.15, 0.2) is 42.6 Å². The highest BCUT2D eigenvalue weighted by atomic mass is 19.4. The Morgan fingerprint density at radius 2 is 1.93 bits per heavy atom. The number of fused-ring (bicyclic) bond motifs is 1. The number of benzene rings is 1. The van der Waals surface area contributed by atoms with Crippen LogP contribution in [0.25, 0.3) is 10.9 Å². The van der Waals surface area contributed by atoms with E-state index in [0.717, 1.165) is 35.7 Å². The first-order valence-corrected chi connectivity index (χ1v) is 10.2. The van der Waals surface area contributed by atoms with Crippen LogP contribution in [-0.2, 0) is 6.18 Å². The van der Waals surface area contributed by atoms with Crippen molar-refractivity contribution in [2.75, 3.05) is 5.32 Å². The summed E-state index contributed by atoms with van der Waals surface area (Å²) < 4.78 is 40.3. The number of carbonyl (C=O) groups excluding carboxylic acids is 1. The maximum absolute atomic E-state index is 12.8. The Bertz CT molecular complexity index is 1020. The van der Waals surface area contributed by atoms with Crippen molar-refractivity contribution in [3.05, 3.63) is 54.0 Å². The third-order valence-corrected chi connectivity index (χ3v) is 5.21. The zero-order chi connectivity index (χ0) is 21.9. The molecule has 1 saturated carbocycles. The number of hydrogen-bond donors (Lipinski definition) is 1. The first-order valence-electron chi connectivity index (χ1n) is 10.2. The van der Waals surface area contributed by atoms with E-state index in [1.54, 1.807) is 18.2 Å². The van der Waals surface area contributed by atoms with Gasteiger partial charge in [0.05, 0.1) is 11.6 Å². The standard InChI is InChI=1S/C20H19F3N4O.C2H6/c1-2-12-8-15(9-12)27-11-13-10-14(6-7-16(13)26-27)24-19(28)17-4-3-5-18(25-17)20(21,22)23;1-2/h3-7,10-12,15H,2,8-9H2,1H3,(H,24,28);1-2H3. The van der Waals surface area contributed by atoms with E-state index in [1.165, 1.54) is 18.6 Å². The molecule has 30 heavy (non-hydrogen) atoms. The minimum atomic E-state index is -4.60. The Morgan fingerprint density at radius 1 is 1.20 bits per heavy atom. The number of rotatable bonds is 4. The predicted molar refractivity (Wildman–Crippen MR) is 110 cm³/mol. The van der Waals surface area contributed by atoms with Crippen molar-refractivity contribution >= 4 is 22.5 Å². The third-order valence-electron chi connectivity index (χ3n) is 5.21. The van der Waals surface area contributed by atoms with Crippen LogP contribution >= 0.6 is 0 Å². The van der Waals surface area contributed by atoms with E-state index in [9.17, 15) is 18.0 Å². The predicted octanol–water partition coefficient (Wildman–Crippen LogP) is 6.09. The van der Waals surface area contributed by atoms with Crippen LogP contribution in [0.5, 0.6) is 0 Å². The van der Waals surface area contributed by atoms with Gasteiger partial charge in [0.2, 0.25) is 0 Å². The summed E-state index contributed by atoms with van der Waals surface area (Å²) in [6, 6.07) is 8.89. The maximum atomic E-state index is 12.8. The van der Waals surface area contributed by atoms with Gasteiger partial charge in [-0.1, -0.05) is 33.3 Å². The highest BCUT2D eigenvalue weighted by Gasteiger charge is 2.33. The Balaban J connectivity index is 0.00000124. The van der Waals surface area contributed by atoms with Gasteiger partial charge in [-0.3, -0.25) is 9.48 Å². The van der Waals surface area contributed by atoms with Gasteiger partial charge in [-0.2, -0.15) is 18.3 Å². The first kappa shape index (κ1) is 21.8. The molecule has 2 heterocycles. The smallest absolute Gasteiger partial charge is 0.321 e. The van der Waals surface area contributed by atoms with Crippen molar-refractivity contribution in [3.63, 3.8) is 0 Å². The van der Waals surface area contributed by atoms with Gasteiger partial charge in [0.1, 0.15) is 11.4 Å². The summed E-state index contributed by atoms with van der Waals surface area (Å²) in [7, 11) is 0. The van der Waals surface area contributed by atoms with Crippen LogP contribution in [0.1, 0.15) is 62.3 Å². The van der Waals surface area contributed by atoms with E-state index in [1.807, 2.05) is 24.7 Å². The monoisotopic (exact) mass is 418 g/mol. The Labute approximate surface area is 173 Å². The van der Waals surface area contributed by atoms with E-state index in [4.69, 9.17) is 0 Å². The largest absolute Gasteiger partial charge is 0.433 e. The molecule has 0 spiro atoms. The minimum absolute atomic E-state index is 0.286. The van der Waals surface area contributed by atoms with E-state index < -0.39 is 17.8 Å². The second-order valence-corrected chi connectivity index (χ2v) is 7.14. The third kappa shape index (κ3) is 4.63. The molecule has 2 aromatic heterocycles. The summed E-state index contributed by atoms with van der Waals surface area (Å²) in [6.07, 6.45) is 0.772. The summed E-state index contributed by atoms with van der Waals surface area (Å²) in [4.78, 5) is 15.7. The molecule has 1 aliphatic rings. The molecule has 160 valence electrons. The van der Waals surface area contributed by atoms with Crippen molar-refractivity contribution in [1.29, 1.82) is 0 Å². The molecule has 1 aliphatic carbocycles. The molecule has 1 aromatic carbocycles. The number of hydrogen-bond acceptors (Lipinski definition) is 3. The van der Waals surface area contributed by atoms with Gasteiger partial charge >= 0.3 is 6.18 Å². The van der Waals surface area contributed by atoms with Crippen LogP contribution in [0.3, 0.4) is 0 Å². The summed E-state index contributed by atoms with van der Waals surface area (Å²) in [5.41, 5.74) is -0.0834. The van der Waals surface area contributed by atoms with E-state index in [-0.39, 0.29) is 5.69 Å². The molecule has 0 radical (unpaired) electrons. The average molecular weight is 418 g/mol. The number of alkyl halides is 3. The molecular weight excluding hydrogens is 393 g/mol. The van der Waals surface area contributed by atoms with Crippen LogP contribution in [0.2, 0.25) is 0 Å². The fourth-order valence-corrected chi connectivity index (χ4v) is 3.47. The quantitative estimate of drug-likeness (QED) is 0.558. The fraction of sp³-hybridized carbons (Fsp3) is 0.409. The Morgan fingerprint density at radius 3 is 2.60 bits per heavy atom. The lowest BCUT2D eigenvalue weighted by molar-refractivity contribution is -0.141. The maximum Gasteiger partial charge on any atom is 0.433 e. The van der Waals surface area contributed by atoms with Crippen LogP contribution in [0, 0.1) is 5.92 Å². The van der Waals surface area contributed by atoms with Gasteiger partial charge in [-0.05, 0) is 49.1 Å². The molecule has 1 N–H and O–H groups in total. The lowest BCUT2D eigenvalue weighted by Crippen LogP contribution is -2.26. The number of aromatic nitrogens is 3. The fourth-order valence-electron chi connectivity index (χ4n) is 3.47. The lowest BCUT2D eigenvalue weighted by atomic mass is 9.79. The second-order valence-electron chi connectivity index (χ2n) is 7.14. The van der Waals surface area contributed by atoms with Crippen molar-refractivity contribution in [3.8, 4) is 0 Å². The van der Waals surface area contributed by atoms with Crippen LogP contribution in [-0.4, -0.2) is 20.7 Å². The number of anilines is 1. The van der Waals surface area contributed by atoms with Gasteiger partial charge in [0.15, 0.2) is 0 Å². The van der Waals surface area contributed by atoms with Crippen LogP contribution in [0.4, 0.5) is 18.9 Å². The molecule has 1 amide bonds. The average Bonchev–Trinajstić information content (AvgIpc) is 3.11. The van der Waals surface area contributed by atoms with Crippen molar-refractivity contribution in [1.82, 2.24) is 14.8 Å². The van der Waals surface area contributed by atoms with E-state index >= 15 is 0 Å². The number of pyridine rings is 1. The minimum Gasteiger partial charge on any atom is -0.321 e. The van der Waals surface area contributed by atoms with E-state index in [2.05, 4.69) is 22.3 Å². The zero-order valence-electron chi connectivity index (χ0n) is 17.2. The normalized spacial score (nSPS) is 18.3. The zero-order valence-corrected chi connectivity index (χ0v) is 17.2. The molecular formula is C22H25F3N4O. The summed E-state index contributed by atoms with van der Waals surface area (Å²) >= 11 is 0. The number of carbonyl (C=O) groups is 1. The summed E-state index contributed by atoms with van der Waals surface area (Å²) in [5.74, 6) is 0.0646. The molecule has 0 bridgehead atoms.